The normalized spacial score (nSPS) is 14.2. The van der Waals surface area contributed by atoms with Crippen LogP contribution in [-0.4, -0.2) is 38.9 Å². The van der Waals surface area contributed by atoms with E-state index in [4.69, 9.17) is 0 Å². The molecule has 0 fully saturated rings. The van der Waals surface area contributed by atoms with Crippen LogP contribution in [0.5, 0.6) is 0 Å². The third kappa shape index (κ3) is 5.05. The molecule has 1 aromatic rings. The molecule has 0 saturated heterocycles. The van der Waals surface area contributed by atoms with Gasteiger partial charge >= 0.3 is 0 Å². The number of amides is 1. The lowest BCUT2D eigenvalue weighted by Gasteiger charge is -2.21. The number of nitrogens with one attached hydrogen (secondary N) is 1. The fraction of sp³-hybridized carbons (Fsp3) is 0.611. The van der Waals surface area contributed by atoms with Crippen LogP contribution in [0.1, 0.15) is 50.7 Å². The third-order valence-corrected chi connectivity index (χ3v) is 5.99. The minimum atomic E-state index is -3.52. The van der Waals surface area contributed by atoms with Crippen LogP contribution in [0, 0.1) is 0 Å². The SMILES string of the molecule is CCCCN(CCNS(=O)(=O)c1ccc2c(c1)CCCC2)C(C)=O. The molecule has 1 N–H and O–H groups in total. The van der Waals surface area contributed by atoms with Gasteiger partial charge in [0.25, 0.3) is 0 Å². The second-order valence-corrected chi connectivity index (χ2v) is 8.16. The lowest BCUT2D eigenvalue weighted by atomic mass is 9.92. The van der Waals surface area contributed by atoms with Crippen molar-refractivity contribution < 1.29 is 13.2 Å². The molecule has 0 spiro atoms. The Hall–Kier alpha value is -1.40. The Labute approximate surface area is 145 Å². The number of hydrogen-bond acceptors (Lipinski definition) is 3. The van der Waals surface area contributed by atoms with E-state index in [1.165, 1.54) is 18.9 Å². The fourth-order valence-electron chi connectivity index (χ4n) is 3.05. The molecule has 5 nitrogen and oxygen atoms in total. The van der Waals surface area contributed by atoms with Gasteiger partial charge in [-0.05, 0) is 55.4 Å². The zero-order chi connectivity index (χ0) is 17.6. The summed E-state index contributed by atoms with van der Waals surface area (Å²) in [5.41, 5.74) is 2.42. The van der Waals surface area contributed by atoms with E-state index in [-0.39, 0.29) is 12.5 Å². The first-order chi connectivity index (χ1) is 11.4. The Morgan fingerprint density at radius 3 is 2.54 bits per heavy atom. The van der Waals surface area contributed by atoms with Crippen LogP contribution in [0.15, 0.2) is 23.1 Å². The predicted molar refractivity (Wildman–Crippen MR) is 95.4 cm³/mol. The molecule has 0 aliphatic heterocycles. The van der Waals surface area contributed by atoms with Crippen LogP contribution in [0.4, 0.5) is 0 Å². The van der Waals surface area contributed by atoms with E-state index in [0.29, 0.717) is 18.0 Å². The van der Waals surface area contributed by atoms with Gasteiger partial charge in [0.05, 0.1) is 4.90 Å². The topological polar surface area (TPSA) is 66.5 Å². The zero-order valence-corrected chi connectivity index (χ0v) is 15.5. The Kier molecular flexibility index (Phi) is 6.80. The number of carbonyl (C=O) groups is 1. The van der Waals surface area contributed by atoms with Crippen molar-refractivity contribution in [2.24, 2.45) is 0 Å². The molecule has 0 atom stereocenters. The Morgan fingerprint density at radius 2 is 1.88 bits per heavy atom. The first-order valence-electron chi connectivity index (χ1n) is 8.81. The highest BCUT2D eigenvalue weighted by molar-refractivity contribution is 7.89. The van der Waals surface area contributed by atoms with Crippen LogP contribution < -0.4 is 4.72 Å². The lowest BCUT2D eigenvalue weighted by Crippen LogP contribution is -2.38. The summed E-state index contributed by atoms with van der Waals surface area (Å²) in [4.78, 5) is 13.6. The quantitative estimate of drug-likeness (QED) is 0.782. The van der Waals surface area contributed by atoms with Crippen LogP contribution >= 0.6 is 0 Å². The molecule has 0 radical (unpaired) electrons. The monoisotopic (exact) mass is 352 g/mol. The standard InChI is InChI=1S/C18H28N2O3S/c1-3-4-12-20(15(2)21)13-11-19-24(22,23)18-10-9-16-7-5-6-8-17(16)14-18/h9-10,14,19H,3-8,11-13H2,1-2H3. The van der Waals surface area contributed by atoms with Crippen LogP contribution in [0.2, 0.25) is 0 Å². The third-order valence-electron chi connectivity index (χ3n) is 4.53. The van der Waals surface area contributed by atoms with E-state index < -0.39 is 10.0 Å². The summed E-state index contributed by atoms with van der Waals surface area (Å²) in [5, 5.41) is 0. The second kappa shape index (κ2) is 8.62. The number of carbonyl (C=O) groups excluding carboxylic acids is 1. The smallest absolute Gasteiger partial charge is 0.240 e. The molecule has 1 aliphatic carbocycles. The summed E-state index contributed by atoms with van der Waals surface area (Å²) in [6, 6.07) is 5.43. The molecular weight excluding hydrogens is 324 g/mol. The summed E-state index contributed by atoms with van der Waals surface area (Å²) in [6.07, 6.45) is 6.22. The minimum Gasteiger partial charge on any atom is -0.342 e. The van der Waals surface area contributed by atoms with E-state index in [1.807, 2.05) is 6.07 Å². The van der Waals surface area contributed by atoms with Gasteiger partial charge in [-0.15, -0.1) is 0 Å². The van der Waals surface area contributed by atoms with Crippen molar-refractivity contribution >= 4 is 15.9 Å². The van der Waals surface area contributed by atoms with E-state index in [0.717, 1.165) is 37.7 Å². The number of aryl methyl sites for hydroxylation is 2. The van der Waals surface area contributed by atoms with E-state index in [9.17, 15) is 13.2 Å². The molecule has 0 heterocycles. The second-order valence-electron chi connectivity index (χ2n) is 6.40. The van der Waals surface area contributed by atoms with E-state index in [2.05, 4.69) is 11.6 Å². The highest BCUT2D eigenvalue weighted by atomic mass is 32.2. The number of fused-ring (bicyclic) bond motifs is 1. The molecule has 0 bridgehead atoms. The highest BCUT2D eigenvalue weighted by Gasteiger charge is 2.18. The van der Waals surface area contributed by atoms with Crippen LogP contribution in [0.3, 0.4) is 0 Å². The van der Waals surface area contributed by atoms with Crippen molar-refractivity contribution in [2.75, 3.05) is 19.6 Å². The molecule has 0 unspecified atom stereocenters. The van der Waals surface area contributed by atoms with Crippen molar-refractivity contribution in [3.8, 4) is 0 Å². The Balaban J connectivity index is 1.97. The lowest BCUT2D eigenvalue weighted by molar-refractivity contribution is -0.128. The molecular formula is C18H28N2O3S. The number of hydrogen-bond donors (Lipinski definition) is 1. The average Bonchev–Trinajstić information content (AvgIpc) is 2.57. The van der Waals surface area contributed by atoms with Gasteiger partial charge in [-0.1, -0.05) is 19.4 Å². The Bertz CT molecular complexity index is 671. The van der Waals surface area contributed by atoms with Crippen molar-refractivity contribution in [1.29, 1.82) is 0 Å². The first-order valence-corrected chi connectivity index (χ1v) is 10.3. The van der Waals surface area contributed by atoms with Gasteiger partial charge < -0.3 is 4.90 Å². The summed E-state index contributed by atoms with van der Waals surface area (Å²) < 4.78 is 27.6. The van der Waals surface area contributed by atoms with Crippen LogP contribution in [-0.2, 0) is 27.7 Å². The van der Waals surface area contributed by atoms with Crippen molar-refractivity contribution in [2.45, 2.75) is 57.3 Å². The highest BCUT2D eigenvalue weighted by Crippen LogP contribution is 2.23. The number of rotatable bonds is 8. The van der Waals surface area contributed by atoms with Gasteiger partial charge in [-0.3, -0.25) is 4.79 Å². The van der Waals surface area contributed by atoms with Gasteiger partial charge in [0.15, 0.2) is 0 Å². The van der Waals surface area contributed by atoms with Crippen LogP contribution in [0.25, 0.3) is 0 Å². The molecule has 1 aliphatic rings. The molecule has 1 aromatic carbocycles. The number of sulfonamides is 1. The summed E-state index contributed by atoms with van der Waals surface area (Å²) in [6.45, 7) is 4.90. The first kappa shape index (κ1) is 18.9. The molecule has 2 rings (SSSR count). The van der Waals surface area contributed by atoms with Gasteiger partial charge in [-0.25, -0.2) is 13.1 Å². The zero-order valence-electron chi connectivity index (χ0n) is 14.7. The summed E-state index contributed by atoms with van der Waals surface area (Å²) >= 11 is 0. The number of nitrogens with zero attached hydrogens (tertiary/aromatic N) is 1. The van der Waals surface area contributed by atoms with Crippen molar-refractivity contribution in [3.63, 3.8) is 0 Å². The maximum Gasteiger partial charge on any atom is 0.240 e. The average molecular weight is 353 g/mol. The minimum absolute atomic E-state index is 0.0172. The van der Waals surface area contributed by atoms with Crippen molar-refractivity contribution in [3.05, 3.63) is 29.3 Å². The fourth-order valence-corrected chi connectivity index (χ4v) is 4.12. The Morgan fingerprint density at radius 1 is 1.17 bits per heavy atom. The summed E-state index contributed by atoms with van der Waals surface area (Å²) in [5.74, 6) is -0.0172. The molecule has 134 valence electrons. The number of benzene rings is 1. The number of unbranched alkanes of at least 4 members (excludes halogenated alkanes) is 1. The van der Waals surface area contributed by atoms with Gasteiger partial charge in [0.2, 0.25) is 15.9 Å². The maximum absolute atomic E-state index is 12.5. The maximum atomic E-state index is 12.5. The molecule has 24 heavy (non-hydrogen) atoms. The summed E-state index contributed by atoms with van der Waals surface area (Å²) in [7, 11) is -3.52. The van der Waals surface area contributed by atoms with Gasteiger partial charge in [0, 0.05) is 26.6 Å². The van der Waals surface area contributed by atoms with E-state index >= 15 is 0 Å². The molecule has 6 heteroatoms. The largest absolute Gasteiger partial charge is 0.342 e. The predicted octanol–water partition coefficient (Wildman–Crippen LogP) is 2.49. The molecule has 0 aromatic heterocycles. The van der Waals surface area contributed by atoms with Gasteiger partial charge in [-0.2, -0.15) is 0 Å². The van der Waals surface area contributed by atoms with Gasteiger partial charge in [0.1, 0.15) is 0 Å². The molecule has 1 amide bonds. The van der Waals surface area contributed by atoms with E-state index in [1.54, 1.807) is 17.0 Å². The molecule has 0 saturated carbocycles. The van der Waals surface area contributed by atoms with Crippen molar-refractivity contribution in [1.82, 2.24) is 9.62 Å².